The highest BCUT2D eigenvalue weighted by Crippen LogP contribution is 2.34. The Bertz CT molecular complexity index is 768. The third kappa shape index (κ3) is 3.62. The van der Waals surface area contributed by atoms with Crippen LogP contribution in [0.25, 0.3) is 0 Å². The lowest BCUT2D eigenvalue weighted by atomic mass is 9.92. The number of para-hydroxylation sites is 2. The molecule has 0 saturated heterocycles. The van der Waals surface area contributed by atoms with Crippen LogP contribution in [0, 0.1) is 0 Å². The third-order valence-electron chi connectivity index (χ3n) is 5.30. The van der Waals surface area contributed by atoms with Crippen molar-refractivity contribution in [1.29, 1.82) is 0 Å². The Labute approximate surface area is 157 Å². The van der Waals surface area contributed by atoms with E-state index in [4.69, 9.17) is 0 Å². The number of carbonyl (C=O) groups is 1. The van der Waals surface area contributed by atoms with Crippen LogP contribution < -0.4 is 10.2 Å². The molecule has 0 aromatic heterocycles. The number of hydrogen-bond acceptors (Lipinski definition) is 2. The Kier molecular flexibility index (Phi) is 5.36. The molecule has 0 aliphatic carbocycles. The highest BCUT2D eigenvalue weighted by atomic mass is 16.2. The Balaban J connectivity index is 1.83. The molecular weight excluding hydrogens is 320 g/mol. The standard InChI is InChI=1S/C23H30N2O/c1-15(2)19-10-8-11-20(16(3)4)23(19)24-22(26)14-25-17(5)13-18-9-6-7-12-21(18)25/h6-12,15-17H,13-14H2,1-5H3,(H,24,26). The Morgan fingerprint density at radius 3 is 2.27 bits per heavy atom. The SMILES string of the molecule is CC(C)c1cccc(C(C)C)c1NC(=O)CN1c2ccccc2CC1C. The normalized spacial score (nSPS) is 16.3. The van der Waals surface area contributed by atoms with Crippen molar-refractivity contribution in [1.82, 2.24) is 0 Å². The molecule has 1 heterocycles. The van der Waals surface area contributed by atoms with Crippen molar-refractivity contribution in [2.45, 2.75) is 58.9 Å². The molecule has 1 N–H and O–H groups in total. The quantitative estimate of drug-likeness (QED) is 0.791. The van der Waals surface area contributed by atoms with Gasteiger partial charge in [-0.25, -0.2) is 0 Å². The summed E-state index contributed by atoms with van der Waals surface area (Å²) in [6, 6.07) is 15.1. The van der Waals surface area contributed by atoms with Crippen molar-refractivity contribution >= 4 is 17.3 Å². The fourth-order valence-corrected chi connectivity index (χ4v) is 3.90. The van der Waals surface area contributed by atoms with Crippen molar-refractivity contribution in [3.63, 3.8) is 0 Å². The van der Waals surface area contributed by atoms with Gasteiger partial charge in [-0.3, -0.25) is 4.79 Å². The van der Waals surface area contributed by atoms with E-state index >= 15 is 0 Å². The van der Waals surface area contributed by atoms with Gasteiger partial charge in [0.2, 0.25) is 5.91 Å². The lowest BCUT2D eigenvalue weighted by Crippen LogP contribution is -2.37. The molecule has 138 valence electrons. The fraction of sp³-hybridized carbons (Fsp3) is 0.435. The number of fused-ring (bicyclic) bond motifs is 1. The lowest BCUT2D eigenvalue weighted by Gasteiger charge is -2.26. The van der Waals surface area contributed by atoms with Crippen LogP contribution in [0.2, 0.25) is 0 Å². The molecule has 0 bridgehead atoms. The summed E-state index contributed by atoms with van der Waals surface area (Å²) in [7, 11) is 0. The summed E-state index contributed by atoms with van der Waals surface area (Å²) in [5.74, 6) is 0.800. The first-order chi connectivity index (χ1) is 12.4. The predicted octanol–water partition coefficient (Wildman–Crippen LogP) is 5.32. The van der Waals surface area contributed by atoms with E-state index in [-0.39, 0.29) is 5.91 Å². The van der Waals surface area contributed by atoms with Gasteiger partial charge >= 0.3 is 0 Å². The van der Waals surface area contributed by atoms with E-state index in [2.05, 4.69) is 81.2 Å². The number of amides is 1. The molecule has 3 nitrogen and oxygen atoms in total. The van der Waals surface area contributed by atoms with Crippen LogP contribution in [0.1, 0.15) is 63.1 Å². The van der Waals surface area contributed by atoms with Gasteiger partial charge in [-0.2, -0.15) is 0 Å². The third-order valence-corrected chi connectivity index (χ3v) is 5.30. The van der Waals surface area contributed by atoms with Gasteiger partial charge in [-0.15, -0.1) is 0 Å². The van der Waals surface area contributed by atoms with E-state index in [1.54, 1.807) is 0 Å². The molecule has 3 heteroatoms. The molecule has 0 radical (unpaired) electrons. The molecule has 1 aliphatic heterocycles. The summed E-state index contributed by atoms with van der Waals surface area (Å²) in [5.41, 5.74) is 5.94. The number of hydrogen-bond donors (Lipinski definition) is 1. The molecule has 26 heavy (non-hydrogen) atoms. The molecule has 1 atom stereocenters. The van der Waals surface area contributed by atoms with E-state index in [1.165, 1.54) is 22.4 Å². The van der Waals surface area contributed by atoms with Gasteiger partial charge in [-0.1, -0.05) is 64.1 Å². The van der Waals surface area contributed by atoms with E-state index < -0.39 is 0 Å². The summed E-state index contributed by atoms with van der Waals surface area (Å²) in [6.07, 6.45) is 1.00. The summed E-state index contributed by atoms with van der Waals surface area (Å²) in [5, 5.41) is 3.24. The summed E-state index contributed by atoms with van der Waals surface area (Å²) >= 11 is 0. The molecular formula is C23H30N2O. The van der Waals surface area contributed by atoms with Crippen molar-refractivity contribution in [2.24, 2.45) is 0 Å². The molecule has 0 saturated carbocycles. The highest BCUT2D eigenvalue weighted by molar-refractivity contribution is 5.96. The first kappa shape index (κ1) is 18.5. The first-order valence-corrected chi connectivity index (χ1v) is 9.65. The minimum atomic E-state index is 0.0588. The van der Waals surface area contributed by atoms with Crippen LogP contribution >= 0.6 is 0 Å². The highest BCUT2D eigenvalue weighted by Gasteiger charge is 2.27. The van der Waals surface area contributed by atoms with Crippen molar-refractivity contribution < 1.29 is 4.79 Å². The van der Waals surface area contributed by atoms with Gasteiger partial charge in [0.25, 0.3) is 0 Å². The molecule has 0 spiro atoms. The molecule has 2 aromatic carbocycles. The zero-order valence-electron chi connectivity index (χ0n) is 16.5. The Morgan fingerprint density at radius 2 is 1.65 bits per heavy atom. The van der Waals surface area contributed by atoms with Crippen molar-refractivity contribution in [2.75, 3.05) is 16.8 Å². The molecule has 1 aliphatic rings. The van der Waals surface area contributed by atoms with Crippen LogP contribution in [0.4, 0.5) is 11.4 Å². The van der Waals surface area contributed by atoms with Gasteiger partial charge in [-0.05, 0) is 47.9 Å². The molecule has 1 amide bonds. The maximum Gasteiger partial charge on any atom is 0.243 e. The minimum Gasteiger partial charge on any atom is -0.359 e. The van der Waals surface area contributed by atoms with Gasteiger partial charge in [0, 0.05) is 17.4 Å². The van der Waals surface area contributed by atoms with Crippen molar-refractivity contribution in [3.8, 4) is 0 Å². The second-order valence-electron chi connectivity index (χ2n) is 7.98. The number of carbonyl (C=O) groups excluding carboxylic acids is 1. The summed E-state index contributed by atoms with van der Waals surface area (Å²) in [4.78, 5) is 15.1. The molecule has 0 fully saturated rings. The van der Waals surface area contributed by atoms with Crippen molar-refractivity contribution in [3.05, 3.63) is 59.2 Å². The average molecular weight is 351 g/mol. The van der Waals surface area contributed by atoms with E-state index in [1.807, 2.05) is 6.07 Å². The zero-order chi connectivity index (χ0) is 18.8. The van der Waals surface area contributed by atoms with Crippen LogP contribution in [-0.2, 0) is 11.2 Å². The molecule has 3 rings (SSSR count). The average Bonchev–Trinajstić information content (AvgIpc) is 2.90. The van der Waals surface area contributed by atoms with Crippen LogP contribution in [0.3, 0.4) is 0 Å². The minimum absolute atomic E-state index is 0.0588. The second kappa shape index (κ2) is 7.53. The number of nitrogens with zero attached hydrogens (tertiary/aromatic N) is 1. The smallest absolute Gasteiger partial charge is 0.243 e. The Hall–Kier alpha value is -2.29. The zero-order valence-corrected chi connectivity index (χ0v) is 16.5. The van der Waals surface area contributed by atoms with Crippen LogP contribution in [0.5, 0.6) is 0 Å². The summed E-state index contributed by atoms with van der Waals surface area (Å²) in [6.45, 7) is 11.3. The first-order valence-electron chi connectivity index (χ1n) is 9.65. The maximum absolute atomic E-state index is 12.9. The summed E-state index contributed by atoms with van der Waals surface area (Å²) < 4.78 is 0. The predicted molar refractivity (Wildman–Crippen MR) is 110 cm³/mol. The Morgan fingerprint density at radius 1 is 1.04 bits per heavy atom. The number of nitrogens with one attached hydrogen (secondary N) is 1. The molecule has 2 aromatic rings. The van der Waals surface area contributed by atoms with E-state index in [0.29, 0.717) is 24.4 Å². The van der Waals surface area contributed by atoms with Crippen LogP contribution in [-0.4, -0.2) is 18.5 Å². The fourth-order valence-electron chi connectivity index (χ4n) is 3.90. The van der Waals surface area contributed by atoms with Gasteiger partial charge in [0.15, 0.2) is 0 Å². The maximum atomic E-state index is 12.9. The number of rotatable bonds is 5. The second-order valence-corrected chi connectivity index (χ2v) is 7.98. The lowest BCUT2D eigenvalue weighted by molar-refractivity contribution is -0.115. The molecule has 1 unspecified atom stereocenters. The van der Waals surface area contributed by atoms with Gasteiger partial charge < -0.3 is 10.2 Å². The van der Waals surface area contributed by atoms with E-state index in [0.717, 1.165) is 12.1 Å². The largest absolute Gasteiger partial charge is 0.359 e. The van der Waals surface area contributed by atoms with E-state index in [9.17, 15) is 4.79 Å². The number of benzene rings is 2. The van der Waals surface area contributed by atoms with Gasteiger partial charge in [0.1, 0.15) is 0 Å². The monoisotopic (exact) mass is 350 g/mol. The topological polar surface area (TPSA) is 32.3 Å². The van der Waals surface area contributed by atoms with Crippen LogP contribution in [0.15, 0.2) is 42.5 Å². The number of anilines is 2. The van der Waals surface area contributed by atoms with Gasteiger partial charge in [0.05, 0.1) is 6.54 Å².